The van der Waals surface area contributed by atoms with Gasteiger partial charge in [-0.25, -0.2) is 9.55 Å². The Hall–Kier alpha value is -4.60. The number of phenols is 2. The van der Waals surface area contributed by atoms with Crippen molar-refractivity contribution in [1.29, 1.82) is 0 Å². The Kier molecular flexibility index (Phi) is 11.0. The van der Waals surface area contributed by atoms with E-state index >= 15 is 0 Å². The van der Waals surface area contributed by atoms with Gasteiger partial charge in [0.05, 0.1) is 22.5 Å². The molecule has 3 aromatic heterocycles. The zero-order valence-corrected chi connectivity index (χ0v) is 31.2. The van der Waals surface area contributed by atoms with E-state index in [1.165, 1.54) is 48.0 Å². The van der Waals surface area contributed by atoms with Crippen molar-refractivity contribution in [2.75, 3.05) is 11.5 Å². The minimum Gasteiger partial charge on any atom is -0.546 e. The van der Waals surface area contributed by atoms with Gasteiger partial charge in [-0.2, -0.15) is 5.21 Å². The van der Waals surface area contributed by atoms with Crippen molar-refractivity contribution in [3.05, 3.63) is 75.3 Å². The SMILES string of the molecule is CC(C)(O/N=C(\C(=O)N[C@@H]1C(=O)N2C(c3nnn[n-]3)=C(C[n+]3ccc(C(=O)c4ccc(O)c(O)c4Cl)cc3)CS[C@H]12)c1csc(N)n1)C(=O)[O-].[Na+]. The second kappa shape index (κ2) is 14.9. The van der Waals surface area contributed by atoms with Crippen LogP contribution in [0.4, 0.5) is 5.13 Å². The number of carbonyl (C=O) groups is 4. The number of nitrogens with zero attached hydrogens (tertiary/aromatic N) is 8. The number of nitrogen functional groups attached to an aromatic ring is 1. The molecule has 0 unspecified atom stereocenters. The van der Waals surface area contributed by atoms with Crippen molar-refractivity contribution in [1.82, 2.24) is 35.8 Å². The molecule has 0 aliphatic carbocycles. The fraction of sp³-hybridized carbons (Fsp3) is 0.241. The topological polar surface area (TPSA) is 264 Å². The third kappa shape index (κ3) is 7.41. The fourth-order valence-electron chi connectivity index (χ4n) is 4.88. The molecule has 6 rings (SSSR count). The molecule has 0 bridgehead atoms. The monoisotopic (exact) mass is 762 g/mol. The van der Waals surface area contributed by atoms with Crippen LogP contribution < -0.4 is 55.4 Å². The van der Waals surface area contributed by atoms with Crippen LogP contribution in [0.3, 0.4) is 0 Å². The molecule has 2 atom stereocenters. The number of aromatic hydroxyl groups is 2. The quantitative estimate of drug-likeness (QED) is 0.0217. The number of thioether (sulfide) groups is 1. The van der Waals surface area contributed by atoms with E-state index in [0.29, 0.717) is 17.0 Å². The number of fused-ring (bicyclic) bond motifs is 1. The number of pyridine rings is 1. The Morgan fingerprint density at radius 3 is 2.61 bits per heavy atom. The number of anilines is 1. The van der Waals surface area contributed by atoms with Gasteiger partial charge in [0.1, 0.15) is 17.1 Å². The van der Waals surface area contributed by atoms with Gasteiger partial charge in [0, 0.05) is 40.0 Å². The average Bonchev–Trinajstić information content (AvgIpc) is 3.78. The molecule has 18 nitrogen and oxygen atoms in total. The van der Waals surface area contributed by atoms with E-state index in [4.69, 9.17) is 22.2 Å². The number of halogens is 1. The fourth-order valence-corrected chi connectivity index (χ4v) is 7.01. The Balaban J connectivity index is 0.00000504. The first-order valence-corrected chi connectivity index (χ1v) is 16.7. The Morgan fingerprint density at radius 1 is 1.25 bits per heavy atom. The standard InChI is InChI=1S/C29H25ClN10O8S2.Na/c1-29(2,27(46)47)48-36-18(15-11-50-28(31)32-15)24(44)33-19-25(45)40-20(23-34-37-38-35-23)13(10-49-26(19)40)9-39-7-5-12(6-8-39)21(42)14-3-4-16(41)22(43)17(14)30;/h3-8,11,19,26H,9-10H2,1-2H3,(H6,31,32,33,34,35,37,38,42,44,46,47);/q;+1/p-1/b36-18-;/t19-,26-;/m1./s1. The molecule has 2 aliphatic rings. The Morgan fingerprint density at radius 2 is 1.98 bits per heavy atom. The number of thiazole rings is 1. The van der Waals surface area contributed by atoms with Crippen molar-refractivity contribution < 1.29 is 73.5 Å². The summed E-state index contributed by atoms with van der Waals surface area (Å²) < 4.78 is 1.76. The second-order valence-electron chi connectivity index (χ2n) is 11.3. The van der Waals surface area contributed by atoms with E-state index in [0.717, 1.165) is 11.3 Å². The summed E-state index contributed by atoms with van der Waals surface area (Å²) in [5.74, 6) is -3.99. The maximum atomic E-state index is 13.6. The van der Waals surface area contributed by atoms with Gasteiger partial charge in [0.25, 0.3) is 11.8 Å². The molecule has 1 fully saturated rings. The molecule has 5 N–H and O–H groups in total. The Labute approximate surface area is 323 Å². The van der Waals surface area contributed by atoms with Crippen LogP contribution in [0.15, 0.2) is 52.8 Å². The van der Waals surface area contributed by atoms with Crippen LogP contribution in [0.5, 0.6) is 11.5 Å². The summed E-state index contributed by atoms with van der Waals surface area (Å²) >= 11 is 8.45. The minimum atomic E-state index is -1.88. The summed E-state index contributed by atoms with van der Waals surface area (Å²) in [6, 6.07) is 4.55. The van der Waals surface area contributed by atoms with Gasteiger partial charge in [-0.3, -0.25) is 29.6 Å². The van der Waals surface area contributed by atoms with Gasteiger partial charge in [-0.1, -0.05) is 16.8 Å². The van der Waals surface area contributed by atoms with Crippen molar-refractivity contribution in [3.8, 4) is 11.5 Å². The van der Waals surface area contributed by atoms with Crippen molar-refractivity contribution >= 4 is 74.8 Å². The Bertz CT molecular complexity index is 2090. The molecule has 1 aromatic carbocycles. The molecule has 0 saturated carbocycles. The maximum absolute atomic E-state index is 13.6. The zero-order chi connectivity index (χ0) is 35.9. The van der Waals surface area contributed by atoms with Crippen LogP contribution in [-0.2, 0) is 25.8 Å². The minimum absolute atomic E-state index is 0. The van der Waals surface area contributed by atoms with Gasteiger partial charge in [-0.15, -0.1) is 23.1 Å². The number of nitrogens with two attached hydrogens (primary N) is 1. The molecule has 0 spiro atoms. The zero-order valence-electron chi connectivity index (χ0n) is 26.8. The number of ketones is 1. The van der Waals surface area contributed by atoms with Crippen LogP contribution in [0.1, 0.15) is 41.3 Å². The van der Waals surface area contributed by atoms with Crippen molar-refractivity contribution in [2.24, 2.45) is 5.16 Å². The van der Waals surface area contributed by atoms with E-state index in [1.807, 2.05) is 0 Å². The first-order chi connectivity index (χ1) is 23.8. The number of nitrogens with one attached hydrogen (secondary N) is 1. The molecule has 1 saturated heterocycles. The van der Waals surface area contributed by atoms with Gasteiger partial charge < -0.3 is 41.1 Å². The third-order valence-electron chi connectivity index (χ3n) is 7.57. The summed E-state index contributed by atoms with van der Waals surface area (Å²) in [6.07, 6.45) is 3.28. The van der Waals surface area contributed by atoms with Crippen LogP contribution >= 0.6 is 34.7 Å². The number of benzene rings is 1. The number of aromatic nitrogens is 6. The smallest absolute Gasteiger partial charge is 0.546 e. The maximum Gasteiger partial charge on any atom is 1.00 e. The summed E-state index contributed by atoms with van der Waals surface area (Å²) in [5.41, 5.74) is 4.81. The van der Waals surface area contributed by atoms with Gasteiger partial charge in [0.2, 0.25) is 0 Å². The number of hydrogen-bond acceptors (Lipinski definition) is 16. The van der Waals surface area contributed by atoms with Gasteiger partial charge >= 0.3 is 29.6 Å². The summed E-state index contributed by atoms with van der Waals surface area (Å²) in [5, 5.41) is 53.1. The molecular formula is C29H24ClN10NaO8S2. The summed E-state index contributed by atoms with van der Waals surface area (Å²) in [6.45, 7) is 2.62. The average molecular weight is 763 g/mol. The molecule has 5 heterocycles. The molecule has 51 heavy (non-hydrogen) atoms. The molecule has 258 valence electrons. The van der Waals surface area contributed by atoms with E-state index < -0.39 is 57.8 Å². The number of amides is 2. The number of tetrazole rings is 1. The first-order valence-electron chi connectivity index (χ1n) is 14.4. The van der Waals surface area contributed by atoms with Crippen LogP contribution in [0.2, 0.25) is 5.02 Å². The number of carboxylic acid groups (broad SMARTS) is 1. The third-order valence-corrected chi connectivity index (χ3v) is 9.96. The molecule has 2 aliphatic heterocycles. The van der Waals surface area contributed by atoms with E-state index in [1.54, 1.807) is 29.1 Å². The largest absolute Gasteiger partial charge is 1.00 e. The number of hydrogen-bond donors (Lipinski definition) is 4. The number of aliphatic carboxylic acids is 1. The number of oxime groups is 1. The second-order valence-corrected chi connectivity index (χ2v) is 13.7. The van der Waals surface area contributed by atoms with E-state index in [2.05, 4.69) is 36.1 Å². The van der Waals surface area contributed by atoms with Gasteiger partial charge in [-0.05, 0) is 26.0 Å². The number of carbonyl (C=O) groups excluding carboxylic acids is 4. The predicted molar refractivity (Wildman–Crippen MR) is 173 cm³/mol. The first kappa shape index (κ1) is 37.7. The van der Waals surface area contributed by atoms with Crippen LogP contribution in [0, 0.1) is 0 Å². The summed E-state index contributed by atoms with van der Waals surface area (Å²) in [7, 11) is 0. The van der Waals surface area contributed by atoms with Gasteiger partial charge in [0.15, 0.2) is 52.7 Å². The van der Waals surface area contributed by atoms with Crippen LogP contribution in [-0.4, -0.2) is 87.7 Å². The molecule has 2 amide bonds. The molecule has 4 aromatic rings. The van der Waals surface area contributed by atoms with E-state index in [-0.39, 0.29) is 68.9 Å². The predicted octanol–water partition coefficient (Wildman–Crippen LogP) is -3.78. The van der Waals surface area contributed by atoms with Crippen molar-refractivity contribution in [3.63, 3.8) is 0 Å². The number of rotatable bonds is 11. The van der Waals surface area contributed by atoms with Crippen molar-refractivity contribution in [2.45, 2.75) is 37.4 Å². The van der Waals surface area contributed by atoms with E-state index in [9.17, 15) is 34.5 Å². The number of carboxylic acids is 1. The van der Waals surface area contributed by atoms with Crippen LogP contribution in [0.25, 0.3) is 5.70 Å². The number of β-lactam (4-membered cyclic amide) rings is 1. The molecule has 22 heteroatoms. The summed E-state index contributed by atoms with van der Waals surface area (Å²) in [4.78, 5) is 62.1. The molecule has 0 radical (unpaired) electrons. The molecular weight excluding hydrogens is 739 g/mol. The number of phenolic OH excluding ortho intramolecular Hbond substituents is 2. The normalized spacial score (nSPS) is 17.3.